The molecule has 0 amide bonds. The molecule has 114 valence electrons. The monoisotopic (exact) mass is 311 g/mol. The van der Waals surface area contributed by atoms with E-state index in [1.807, 2.05) is 0 Å². The van der Waals surface area contributed by atoms with Gasteiger partial charge in [-0.1, -0.05) is 24.7 Å². The van der Waals surface area contributed by atoms with Gasteiger partial charge in [0.25, 0.3) is 0 Å². The molecule has 1 N–H and O–H groups in total. The molecule has 0 bridgehead atoms. The summed E-state index contributed by atoms with van der Waals surface area (Å²) in [5.74, 6) is 4.10. The van der Waals surface area contributed by atoms with Crippen molar-refractivity contribution < 1.29 is 17.9 Å². The minimum Gasteiger partial charge on any atom is -0.384 e. The number of aliphatic hydroxyl groups excluding tert-OH is 1. The third kappa shape index (κ3) is 3.82. The van der Waals surface area contributed by atoms with Crippen LogP contribution < -0.4 is 0 Å². The molecule has 4 nitrogen and oxygen atoms in total. The van der Waals surface area contributed by atoms with Gasteiger partial charge in [0.1, 0.15) is 12.4 Å². The van der Waals surface area contributed by atoms with Crippen molar-refractivity contribution in [1.29, 1.82) is 0 Å². The summed E-state index contributed by atoms with van der Waals surface area (Å²) in [5, 5.41) is 8.60. The summed E-state index contributed by atoms with van der Waals surface area (Å²) in [6, 6.07) is 3.70. The number of benzene rings is 1. The second-order valence-electron chi connectivity index (χ2n) is 4.92. The molecule has 0 atom stereocenters. The number of aliphatic hydroxyl groups is 1. The standard InChI is InChI=1S/C15H18FNO3S/c16-15-12-14(8-7-13(15)6-5-11-18)21(19,20)17-9-3-1-2-4-10-17/h7-8,12,18H,1-4,9-11H2. The minimum absolute atomic E-state index is 0.0450. The van der Waals surface area contributed by atoms with Crippen LogP contribution in [0.5, 0.6) is 0 Å². The average molecular weight is 311 g/mol. The Morgan fingerprint density at radius 1 is 1.19 bits per heavy atom. The minimum atomic E-state index is -3.65. The molecule has 1 saturated heterocycles. The van der Waals surface area contributed by atoms with Crippen molar-refractivity contribution in [3.63, 3.8) is 0 Å². The highest BCUT2D eigenvalue weighted by molar-refractivity contribution is 7.89. The van der Waals surface area contributed by atoms with E-state index >= 15 is 0 Å². The number of sulfonamides is 1. The molecular formula is C15H18FNO3S. The lowest BCUT2D eigenvalue weighted by atomic mass is 10.2. The highest BCUT2D eigenvalue weighted by Crippen LogP contribution is 2.22. The molecule has 1 heterocycles. The third-order valence-corrected chi connectivity index (χ3v) is 5.34. The molecular weight excluding hydrogens is 293 g/mol. The summed E-state index contributed by atoms with van der Waals surface area (Å²) in [4.78, 5) is -0.0450. The van der Waals surface area contributed by atoms with Gasteiger partial charge in [0.15, 0.2) is 0 Å². The Bertz CT molecular complexity index is 653. The average Bonchev–Trinajstić information content (AvgIpc) is 2.75. The Kier molecular flexibility index (Phi) is 5.34. The maximum absolute atomic E-state index is 13.9. The van der Waals surface area contributed by atoms with Crippen LogP contribution in [0.3, 0.4) is 0 Å². The van der Waals surface area contributed by atoms with Gasteiger partial charge in [0.2, 0.25) is 10.0 Å². The van der Waals surface area contributed by atoms with E-state index in [2.05, 4.69) is 11.8 Å². The normalized spacial score (nSPS) is 16.9. The van der Waals surface area contributed by atoms with Gasteiger partial charge in [-0.15, -0.1) is 0 Å². The molecule has 21 heavy (non-hydrogen) atoms. The zero-order valence-corrected chi connectivity index (χ0v) is 12.5. The van der Waals surface area contributed by atoms with Crippen LogP contribution in [0, 0.1) is 17.7 Å². The summed E-state index contributed by atoms with van der Waals surface area (Å²) < 4.78 is 40.3. The molecule has 1 fully saturated rings. The molecule has 1 aromatic rings. The lowest BCUT2D eigenvalue weighted by molar-refractivity contribution is 0.350. The predicted octanol–water partition coefficient (Wildman–Crippen LogP) is 1.73. The molecule has 0 unspecified atom stereocenters. The highest BCUT2D eigenvalue weighted by atomic mass is 32.2. The largest absolute Gasteiger partial charge is 0.384 e. The summed E-state index contributed by atoms with van der Waals surface area (Å²) in [6.45, 7) is 0.597. The molecule has 0 spiro atoms. The first-order chi connectivity index (χ1) is 10.1. The number of halogens is 1. The van der Waals surface area contributed by atoms with E-state index in [9.17, 15) is 12.8 Å². The smallest absolute Gasteiger partial charge is 0.243 e. The van der Waals surface area contributed by atoms with Crippen LogP contribution in [0.25, 0.3) is 0 Å². The van der Waals surface area contributed by atoms with Gasteiger partial charge < -0.3 is 5.11 Å². The summed E-state index contributed by atoms with van der Waals surface area (Å²) in [5.41, 5.74) is 0.0823. The summed E-state index contributed by atoms with van der Waals surface area (Å²) in [7, 11) is -3.65. The first kappa shape index (κ1) is 16.0. The second kappa shape index (κ2) is 7.03. The fraction of sp³-hybridized carbons (Fsp3) is 0.467. The van der Waals surface area contributed by atoms with Gasteiger partial charge in [-0.05, 0) is 31.0 Å². The van der Waals surface area contributed by atoms with E-state index in [4.69, 9.17) is 5.11 Å². The maximum atomic E-state index is 13.9. The maximum Gasteiger partial charge on any atom is 0.243 e. The van der Waals surface area contributed by atoms with E-state index in [0.717, 1.165) is 31.7 Å². The Hall–Kier alpha value is -1.42. The zero-order chi connectivity index (χ0) is 15.3. The van der Waals surface area contributed by atoms with E-state index in [1.54, 1.807) is 0 Å². The first-order valence-corrected chi connectivity index (χ1v) is 8.39. The number of hydrogen-bond acceptors (Lipinski definition) is 3. The highest BCUT2D eigenvalue weighted by Gasteiger charge is 2.25. The van der Waals surface area contributed by atoms with Crippen molar-refractivity contribution >= 4 is 10.0 Å². The lowest BCUT2D eigenvalue weighted by Crippen LogP contribution is -2.32. The van der Waals surface area contributed by atoms with Gasteiger partial charge >= 0.3 is 0 Å². The van der Waals surface area contributed by atoms with Gasteiger partial charge in [0, 0.05) is 13.1 Å². The Morgan fingerprint density at radius 2 is 1.86 bits per heavy atom. The van der Waals surface area contributed by atoms with E-state index in [0.29, 0.717) is 13.1 Å². The molecule has 1 aliphatic rings. The fourth-order valence-electron chi connectivity index (χ4n) is 2.32. The first-order valence-electron chi connectivity index (χ1n) is 6.95. The Morgan fingerprint density at radius 3 is 2.43 bits per heavy atom. The van der Waals surface area contributed by atoms with E-state index in [-0.39, 0.29) is 17.1 Å². The van der Waals surface area contributed by atoms with Crippen LogP contribution in [-0.2, 0) is 10.0 Å². The summed E-state index contributed by atoms with van der Waals surface area (Å²) >= 11 is 0. The molecule has 6 heteroatoms. The van der Waals surface area contributed by atoms with E-state index in [1.165, 1.54) is 16.4 Å². The van der Waals surface area contributed by atoms with Crippen molar-refractivity contribution in [2.24, 2.45) is 0 Å². The number of rotatable bonds is 2. The van der Waals surface area contributed by atoms with Gasteiger partial charge in [-0.2, -0.15) is 4.31 Å². The molecule has 0 aliphatic carbocycles. The van der Waals surface area contributed by atoms with Crippen molar-refractivity contribution in [1.82, 2.24) is 4.31 Å². The Balaban J connectivity index is 2.29. The van der Waals surface area contributed by atoms with Gasteiger partial charge in [0.05, 0.1) is 10.5 Å². The predicted molar refractivity (Wildman–Crippen MR) is 77.6 cm³/mol. The molecule has 1 aliphatic heterocycles. The molecule has 1 aromatic carbocycles. The van der Waals surface area contributed by atoms with Crippen LogP contribution in [-0.4, -0.2) is 37.5 Å². The fourth-order valence-corrected chi connectivity index (χ4v) is 3.85. The van der Waals surface area contributed by atoms with Crippen LogP contribution in [0.4, 0.5) is 4.39 Å². The quantitative estimate of drug-likeness (QED) is 0.846. The van der Waals surface area contributed by atoms with Crippen LogP contribution in [0.2, 0.25) is 0 Å². The van der Waals surface area contributed by atoms with Crippen LogP contribution in [0.15, 0.2) is 23.1 Å². The van der Waals surface area contributed by atoms with Crippen molar-refractivity contribution in [3.8, 4) is 11.8 Å². The van der Waals surface area contributed by atoms with Gasteiger partial charge in [-0.25, -0.2) is 12.8 Å². The summed E-state index contributed by atoms with van der Waals surface area (Å²) in [6.07, 6.45) is 3.72. The SMILES string of the molecule is O=S(=O)(c1ccc(C#CCO)c(F)c1)N1CCCCCC1. The molecule has 0 radical (unpaired) electrons. The molecule has 2 rings (SSSR count). The number of hydrogen-bond donors (Lipinski definition) is 1. The Labute approximate surface area is 124 Å². The van der Waals surface area contributed by atoms with Gasteiger partial charge in [-0.3, -0.25) is 0 Å². The molecule has 0 saturated carbocycles. The molecule has 0 aromatic heterocycles. The topological polar surface area (TPSA) is 57.6 Å². The van der Waals surface area contributed by atoms with Crippen molar-refractivity contribution in [2.75, 3.05) is 19.7 Å². The number of nitrogens with zero attached hydrogens (tertiary/aromatic N) is 1. The van der Waals surface area contributed by atoms with E-state index < -0.39 is 15.8 Å². The van der Waals surface area contributed by atoms with Crippen LogP contribution >= 0.6 is 0 Å². The zero-order valence-electron chi connectivity index (χ0n) is 11.7. The van der Waals surface area contributed by atoms with Crippen molar-refractivity contribution in [2.45, 2.75) is 30.6 Å². The van der Waals surface area contributed by atoms with Crippen LogP contribution in [0.1, 0.15) is 31.2 Å². The lowest BCUT2D eigenvalue weighted by Gasteiger charge is -2.20. The third-order valence-electron chi connectivity index (χ3n) is 3.45. The second-order valence-corrected chi connectivity index (χ2v) is 6.86. The van der Waals surface area contributed by atoms with Crippen molar-refractivity contribution in [3.05, 3.63) is 29.6 Å².